The van der Waals surface area contributed by atoms with Gasteiger partial charge in [-0.15, -0.1) is 0 Å². The zero-order chi connectivity index (χ0) is 26.0. The average Bonchev–Trinajstić information content (AvgIpc) is 3.61. The smallest absolute Gasteiger partial charge is 0.305 e. The quantitative estimate of drug-likeness (QED) is 0.363. The van der Waals surface area contributed by atoms with Gasteiger partial charge in [0.2, 0.25) is 10.0 Å². The van der Waals surface area contributed by atoms with Crippen molar-refractivity contribution in [1.82, 2.24) is 15.1 Å². The largest absolute Gasteiger partial charge is 0.466 e. The molecule has 36 heavy (non-hydrogen) atoms. The van der Waals surface area contributed by atoms with Gasteiger partial charge in [0.05, 0.1) is 29.8 Å². The van der Waals surface area contributed by atoms with Crippen LogP contribution in [0, 0.1) is 0 Å². The summed E-state index contributed by atoms with van der Waals surface area (Å²) in [6.45, 7) is 2.16. The molecule has 1 amide bonds. The molecule has 9 nitrogen and oxygen atoms in total. The molecular formula is C25H29BrN4O5S. The number of carbonyl (C=O) groups excluding carboxylic acids is 2. The van der Waals surface area contributed by atoms with E-state index in [2.05, 4.69) is 21.2 Å². The average molecular weight is 578 g/mol. The summed E-state index contributed by atoms with van der Waals surface area (Å²) >= 11 is 3.43. The van der Waals surface area contributed by atoms with Crippen molar-refractivity contribution in [3.05, 3.63) is 52.1 Å². The third-order valence-corrected chi connectivity index (χ3v) is 7.78. The maximum atomic E-state index is 13.0. The van der Waals surface area contributed by atoms with Crippen LogP contribution in [0.25, 0.3) is 16.6 Å². The van der Waals surface area contributed by atoms with Crippen LogP contribution < -0.4 is 9.62 Å². The number of anilines is 1. The fourth-order valence-corrected chi connectivity index (χ4v) is 5.49. The fourth-order valence-electron chi connectivity index (χ4n) is 4.25. The van der Waals surface area contributed by atoms with Crippen LogP contribution in [0.15, 0.2) is 40.9 Å². The molecule has 2 aromatic carbocycles. The molecule has 1 aliphatic carbocycles. The molecule has 1 fully saturated rings. The SMILES string of the molecule is CCOC(=O)CCCN(c1cc2nn(-c3ccc(Br)cc3)c(C(=O)NC)c2cc1C1CC1)S(C)(=O)=O. The van der Waals surface area contributed by atoms with E-state index < -0.39 is 10.0 Å². The number of carbonyl (C=O) groups is 2. The van der Waals surface area contributed by atoms with Crippen molar-refractivity contribution in [3.63, 3.8) is 0 Å². The molecule has 1 aromatic heterocycles. The van der Waals surface area contributed by atoms with E-state index in [1.54, 1.807) is 24.7 Å². The molecular weight excluding hydrogens is 548 g/mol. The van der Waals surface area contributed by atoms with Crippen LogP contribution >= 0.6 is 15.9 Å². The Kier molecular flexibility index (Phi) is 7.70. The van der Waals surface area contributed by atoms with E-state index in [0.717, 1.165) is 29.1 Å². The highest BCUT2D eigenvalue weighted by atomic mass is 79.9. The lowest BCUT2D eigenvalue weighted by Gasteiger charge is -2.25. The van der Waals surface area contributed by atoms with Gasteiger partial charge < -0.3 is 10.1 Å². The molecule has 192 valence electrons. The summed E-state index contributed by atoms with van der Waals surface area (Å²) < 4.78 is 34.5. The van der Waals surface area contributed by atoms with Gasteiger partial charge in [0.15, 0.2) is 0 Å². The van der Waals surface area contributed by atoms with Gasteiger partial charge in [-0.2, -0.15) is 5.10 Å². The highest BCUT2D eigenvalue weighted by Crippen LogP contribution is 2.46. The summed E-state index contributed by atoms with van der Waals surface area (Å²) in [6, 6.07) is 11.1. The molecule has 0 spiro atoms. The normalized spacial score (nSPS) is 13.6. The first-order valence-electron chi connectivity index (χ1n) is 11.8. The van der Waals surface area contributed by atoms with Gasteiger partial charge in [-0.3, -0.25) is 13.9 Å². The number of benzene rings is 2. The highest BCUT2D eigenvalue weighted by molar-refractivity contribution is 9.10. The molecule has 0 unspecified atom stereocenters. The second-order valence-corrected chi connectivity index (χ2v) is 11.6. The molecule has 1 N–H and O–H groups in total. The van der Waals surface area contributed by atoms with Gasteiger partial charge in [0.1, 0.15) is 5.69 Å². The van der Waals surface area contributed by atoms with E-state index in [-0.39, 0.29) is 37.4 Å². The van der Waals surface area contributed by atoms with Gasteiger partial charge in [-0.1, -0.05) is 15.9 Å². The molecule has 0 aliphatic heterocycles. The molecule has 0 atom stereocenters. The molecule has 3 aromatic rings. The number of esters is 1. The number of aromatic nitrogens is 2. The van der Waals surface area contributed by atoms with Crippen molar-refractivity contribution in [1.29, 1.82) is 0 Å². The highest BCUT2D eigenvalue weighted by Gasteiger charge is 2.32. The fraction of sp³-hybridized carbons (Fsp3) is 0.400. The van der Waals surface area contributed by atoms with E-state index in [0.29, 0.717) is 34.4 Å². The van der Waals surface area contributed by atoms with Gasteiger partial charge in [0, 0.05) is 29.9 Å². The first-order valence-corrected chi connectivity index (χ1v) is 14.5. The summed E-state index contributed by atoms with van der Waals surface area (Å²) in [4.78, 5) is 24.8. The Morgan fingerprint density at radius 2 is 1.92 bits per heavy atom. The van der Waals surface area contributed by atoms with Gasteiger partial charge in [0.25, 0.3) is 5.91 Å². The van der Waals surface area contributed by atoms with E-state index in [9.17, 15) is 18.0 Å². The Morgan fingerprint density at radius 1 is 1.22 bits per heavy atom. The molecule has 11 heteroatoms. The van der Waals surface area contributed by atoms with Crippen molar-refractivity contribution >= 4 is 54.4 Å². The molecule has 0 saturated heterocycles. The van der Waals surface area contributed by atoms with E-state index >= 15 is 0 Å². The summed E-state index contributed by atoms with van der Waals surface area (Å²) in [7, 11) is -2.08. The Bertz CT molecular complexity index is 1400. The minimum Gasteiger partial charge on any atom is -0.466 e. The maximum absolute atomic E-state index is 13.0. The lowest BCUT2D eigenvalue weighted by atomic mass is 10.0. The molecule has 1 aliphatic rings. The first-order chi connectivity index (χ1) is 17.1. The van der Waals surface area contributed by atoms with Gasteiger partial charge in [-0.05, 0) is 74.1 Å². The Labute approximate surface area is 219 Å². The second-order valence-electron chi connectivity index (χ2n) is 8.76. The Hall–Kier alpha value is -2.92. The third kappa shape index (κ3) is 5.57. The predicted octanol–water partition coefficient (Wildman–Crippen LogP) is 4.13. The Morgan fingerprint density at radius 3 is 2.50 bits per heavy atom. The number of sulfonamides is 1. The first kappa shape index (κ1) is 26.2. The molecule has 1 saturated carbocycles. The number of halogens is 1. The molecule has 0 radical (unpaired) electrons. The van der Waals surface area contributed by atoms with Crippen LogP contribution in [0.1, 0.15) is 54.6 Å². The number of nitrogens with zero attached hydrogens (tertiary/aromatic N) is 3. The minimum atomic E-state index is -3.64. The number of amides is 1. The van der Waals surface area contributed by atoms with Crippen molar-refractivity contribution in [2.45, 2.75) is 38.5 Å². The van der Waals surface area contributed by atoms with Crippen molar-refractivity contribution in [3.8, 4) is 5.69 Å². The van der Waals surface area contributed by atoms with Crippen LogP contribution in [0.2, 0.25) is 0 Å². The number of hydrogen-bond donors (Lipinski definition) is 1. The van der Waals surface area contributed by atoms with Crippen LogP contribution in [-0.2, 0) is 19.6 Å². The summed E-state index contributed by atoms with van der Waals surface area (Å²) in [6.07, 6.45) is 3.49. The number of nitrogens with one attached hydrogen (secondary N) is 1. The van der Waals surface area contributed by atoms with Crippen molar-refractivity contribution < 1.29 is 22.7 Å². The van der Waals surface area contributed by atoms with Crippen LogP contribution in [0.5, 0.6) is 0 Å². The second kappa shape index (κ2) is 10.6. The molecule has 1 heterocycles. The van der Waals surface area contributed by atoms with E-state index in [1.165, 1.54) is 4.31 Å². The minimum absolute atomic E-state index is 0.125. The van der Waals surface area contributed by atoms with Crippen LogP contribution in [-0.4, -0.2) is 56.5 Å². The standard InChI is InChI=1S/C25H29BrN4O5S/c1-4-35-23(31)6-5-13-29(36(3,33)34)22-15-21-20(14-19(22)16-7-8-16)24(25(32)27-2)30(28-21)18-11-9-17(26)10-12-18/h9-12,14-16H,4-8,13H2,1-3H3,(H,27,32). The zero-order valence-corrected chi connectivity index (χ0v) is 22.9. The number of rotatable bonds is 10. The van der Waals surface area contributed by atoms with E-state index in [1.807, 2.05) is 30.3 Å². The number of hydrogen-bond acceptors (Lipinski definition) is 6. The van der Waals surface area contributed by atoms with Gasteiger partial charge in [-0.25, -0.2) is 13.1 Å². The summed E-state index contributed by atoms with van der Waals surface area (Å²) in [5, 5.41) is 8.06. The van der Waals surface area contributed by atoms with Crippen LogP contribution in [0.3, 0.4) is 0 Å². The monoisotopic (exact) mass is 576 g/mol. The number of ether oxygens (including phenoxy) is 1. The predicted molar refractivity (Wildman–Crippen MR) is 142 cm³/mol. The molecule has 4 rings (SSSR count). The summed E-state index contributed by atoms with van der Waals surface area (Å²) in [5.41, 5.74) is 3.01. The lowest BCUT2D eigenvalue weighted by molar-refractivity contribution is -0.143. The van der Waals surface area contributed by atoms with Crippen molar-refractivity contribution in [2.24, 2.45) is 0 Å². The lowest BCUT2D eigenvalue weighted by Crippen LogP contribution is -2.32. The summed E-state index contributed by atoms with van der Waals surface area (Å²) in [5.74, 6) is -0.441. The molecule has 0 bridgehead atoms. The van der Waals surface area contributed by atoms with E-state index in [4.69, 9.17) is 9.84 Å². The Balaban J connectivity index is 1.84. The van der Waals surface area contributed by atoms with Crippen LogP contribution in [0.4, 0.5) is 5.69 Å². The topological polar surface area (TPSA) is 111 Å². The van der Waals surface area contributed by atoms with Crippen molar-refractivity contribution in [2.75, 3.05) is 30.8 Å². The maximum Gasteiger partial charge on any atom is 0.305 e. The zero-order valence-electron chi connectivity index (χ0n) is 20.5. The number of fused-ring (bicyclic) bond motifs is 1. The van der Waals surface area contributed by atoms with Gasteiger partial charge >= 0.3 is 5.97 Å². The third-order valence-electron chi connectivity index (χ3n) is 6.07.